The first kappa shape index (κ1) is 18.9. The monoisotopic (exact) mass is 447 g/mol. The lowest BCUT2D eigenvalue weighted by atomic mass is 10.2. The van der Waals surface area contributed by atoms with E-state index in [2.05, 4.69) is 10.1 Å². The van der Waals surface area contributed by atoms with Crippen LogP contribution in [0.1, 0.15) is 12.5 Å². The predicted molar refractivity (Wildman–Crippen MR) is 108 cm³/mol. The van der Waals surface area contributed by atoms with Crippen LogP contribution in [0.5, 0.6) is 0 Å². The second-order valence-corrected chi connectivity index (χ2v) is 9.45. The summed E-state index contributed by atoms with van der Waals surface area (Å²) in [7, 11) is -4.16. The molecule has 2 aromatic heterocycles. The van der Waals surface area contributed by atoms with Crippen molar-refractivity contribution in [2.45, 2.75) is 28.3 Å². The summed E-state index contributed by atoms with van der Waals surface area (Å²) in [6.07, 6.45) is 2.39. The third-order valence-electron chi connectivity index (χ3n) is 5.24. The smallest absolute Gasteiger partial charge is 0.362 e. The van der Waals surface area contributed by atoms with Crippen molar-refractivity contribution >= 4 is 43.2 Å². The van der Waals surface area contributed by atoms with Gasteiger partial charge in [-0.05, 0) is 36.8 Å². The van der Waals surface area contributed by atoms with Crippen LogP contribution in [-0.4, -0.2) is 39.2 Å². The molecule has 0 amide bonds. The first-order chi connectivity index (χ1) is 14.2. The molecule has 4 aromatic rings. The average molecular weight is 448 g/mol. The quantitative estimate of drug-likeness (QED) is 0.396. The maximum atomic E-state index is 13.4. The summed E-state index contributed by atoms with van der Waals surface area (Å²) in [5.74, 6) is 0. The summed E-state index contributed by atoms with van der Waals surface area (Å²) in [5, 5.41) is 14.2. The van der Waals surface area contributed by atoms with Crippen molar-refractivity contribution in [2.24, 2.45) is 5.73 Å². The highest BCUT2D eigenvalue weighted by Gasteiger charge is 2.37. The zero-order valence-corrected chi connectivity index (χ0v) is 16.7. The summed E-state index contributed by atoms with van der Waals surface area (Å²) in [4.78, 5) is 26.0. The standard InChI is InChI=1S/C18H14ClN5O5S/c19-10-3-4-14(16-15(10)17(25)24(27)18(26)22-16)30(28,29)9-2-1-8-7-21-23(12(8)5-9)13-6-11(13)20/h1-5,7,11,13,27H,6,20H2,(H,22,26)/t11-,13-/m1/s1. The Morgan fingerprint density at radius 2 is 1.97 bits per heavy atom. The molecule has 4 N–H and O–H groups in total. The zero-order chi connectivity index (χ0) is 21.4. The molecule has 1 aliphatic carbocycles. The van der Waals surface area contributed by atoms with Crippen LogP contribution >= 0.6 is 11.6 Å². The fourth-order valence-electron chi connectivity index (χ4n) is 3.53. The van der Waals surface area contributed by atoms with E-state index >= 15 is 0 Å². The third-order valence-corrected chi connectivity index (χ3v) is 7.34. The van der Waals surface area contributed by atoms with E-state index in [0.717, 1.165) is 11.8 Å². The molecule has 0 radical (unpaired) electrons. The molecular formula is C18H14ClN5O5S. The maximum Gasteiger partial charge on any atom is 0.362 e. The van der Waals surface area contributed by atoms with Crippen molar-refractivity contribution < 1.29 is 13.6 Å². The van der Waals surface area contributed by atoms with Gasteiger partial charge in [-0.2, -0.15) is 5.10 Å². The molecule has 1 saturated carbocycles. The molecule has 0 spiro atoms. The zero-order valence-electron chi connectivity index (χ0n) is 15.1. The Morgan fingerprint density at radius 1 is 1.23 bits per heavy atom. The normalized spacial score (nSPS) is 18.9. The van der Waals surface area contributed by atoms with E-state index in [1.807, 2.05) is 0 Å². The topological polar surface area (TPSA) is 153 Å². The van der Waals surface area contributed by atoms with Gasteiger partial charge in [0.2, 0.25) is 9.84 Å². The van der Waals surface area contributed by atoms with Gasteiger partial charge in [-0.3, -0.25) is 9.48 Å². The van der Waals surface area contributed by atoms with E-state index in [0.29, 0.717) is 5.52 Å². The van der Waals surface area contributed by atoms with Crippen molar-refractivity contribution in [1.82, 2.24) is 19.5 Å². The first-order valence-corrected chi connectivity index (χ1v) is 10.7. The molecule has 2 atom stereocenters. The van der Waals surface area contributed by atoms with Gasteiger partial charge in [0.25, 0.3) is 5.56 Å². The molecule has 5 rings (SSSR count). The molecule has 12 heteroatoms. The second-order valence-electron chi connectivity index (χ2n) is 7.12. The van der Waals surface area contributed by atoms with E-state index < -0.39 is 21.1 Å². The van der Waals surface area contributed by atoms with Crippen LogP contribution in [0.3, 0.4) is 0 Å². The molecule has 0 aliphatic heterocycles. The van der Waals surface area contributed by atoms with E-state index in [4.69, 9.17) is 17.3 Å². The van der Waals surface area contributed by atoms with Crippen molar-refractivity contribution in [2.75, 3.05) is 0 Å². The van der Waals surface area contributed by atoms with Gasteiger partial charge in [-0.25, -0.2) is 13.2 Å². The molecule has 0 bridgehead atoms. The minimum atomic E-state index is -4.16. The fourth-order valence-corrected chi connectivity index (χ4v) is 5.21. The molecule has 0 saturated heterocycles. The van der Waals surface area contributed by atoms with E-state index in [1.165, 1.54) is 24.3 Å². The Balaban J connectivity index is 1.77. The molecule has 1 fully saturated rings. The number of rotatable bonds is 3. The Labute approximate surface area is 173 Å². The molecule has 154 valence electrons. The Hall–Kier alpha value is -3.15. The number of nitrogens with one attached hydrogen (secondary N) is 1. The SMILES string of the molecule is N[C@@H]1C[C@H]1n1ncc2ccc(S(=O)(=O)c3ccc(Cl)c4c(=O)n(O)c(=O)[nH]c34)cc21. The minimum Gasteiger partial charge on any atom is -0.421 e. The van der Waals surface area contributed by atoms with Gasteiger partial charge < -0.3 is 15.9 Å². The number of halogens is 1. The lowest BCUT2D eigenvalue weighted by Gasteiger charge is -2.10. The molecule has 2 aromatic carbocycles. The van der Waals surface area contributed by atoms with Gasteiger partial charge in [-0.15, -0.1) is 0 Å². The predicted octanol–water partition coefficient (Wildman–Crippen LogP) is 1.04. The van der Waals surface area contributed by atoms with Gasteiger partial charge >= 0.3 is 5.69 Å². The van der Waals surface area contributed by atoms with Gasteiger partial charge in [-0.1, -0.05) is 16.3 Å². The van der Waals surface area contributed by atoms with Crippen molar-refractivity contribution in [3.8, 4) is 0 Å². The van der Waals surface area contributed by atoms with Gasteiger partial charge in [0.1, 0.15) is 0 Å². The number of benzene rings is 2. The molecule has 2 heterocycles. The molecular weight excluding hydrogens is 434 g/mol. The average Bonchev–Trinajstić information content (AvgIpc) is 3.27. The number of aromatic amines is 1. The summed E-state index contributed by atoms with van der Waals surface area (Å²) in [5.41, 5.74) is 3.94. The van der Waals surface area contributed by atoms with Crippen molar-refractivity contribution in [1.29, 1.82) is 0 Å². The lowest BCUT2D eigenvalue weighted by Crippen LogP contribution is -2.33. The highest BCUT2D eigenvalue weighted by atomic mass is 35.5. The van der Waals surface area contributed by atoms with Crippen LogP contribution in [0.2, 0.25) is 5.02 Å². The van der Waals surface area contributed by atoms with E-state index in [9.17, 15) is 23.2 Å². The van der Waals surface area contributed by atoms with Crippen molar-refractivity contribution in [3.05, 3.63) is 62.4 Å². The number of H-pyrrole nitrogens is 1. The van der Waals surface area contributed by atoms with Crippen LogP contribution in [0, 0.1) is 0 Å². The highest BCUT2D eigenvalue weighted by molar-refractivity contribution is 7.91. The van der Waals surface area contributed by atoms with Crippen LogP contribution < -0.4 is 17.0 Å². The minimum absolute atomic E-state index is 0.0104. The molecule has 10 nitrogen and oxygen atoms in total. The van der Waals surface area contributed by atoms with Crippen LogP contribution in [0.4, 0.5) is 0 Å². The number of aromatic nitrogens is 4. The van der Waals surface area contributed by atoms with Crippen molar-refractivity contribution in [3.63, 3.8) is 0 Å². The molecule has 30 heavy (non-hydrogen) atoms. The van der Waals surface area contributed by atoms with Gasteiger partial charge in [0.05, 0.1) is 43.5 Å². The summed E-state index contributed by atoms with van der Waals surface area (Å²) >= 11 is 6.03. The summed E-state index contributed by atoms with van der Waals surface area (Å²) < 4.78 is 28.3. The van der Waals surface area contributed by atoms with Crippen LogP contribution in [-0.2, 0) is 9.84 Å². The van der Waals surface area contributed by atoms with E-state index in [1.54, 1.807) is 16.9 Å². The maximum absolute atomic E-state index is 13.4. The Bertz CT molecular complexity index is 1590. The summed E-state index contributed by atoms with van der Waals surface area (Å²) in [6, 6.07) is 6.94. The largest absolute Gasteiger partial charge is 0.421 e. The number of nitrogens with two attached hydrogens (primary N) is 1. The van der Waals surface area contributed by atoms with Crippen LogP contribution in [0.15, 0.2) is 55.9 Å². The second kappa shape index (κ2) is 6.17. The van der Waals surface area contributed by atoms with Gasteiger partial charge in [0.15, 0.2) is 0 Å². The lowest BCUT2D eigenvalue weighted by molar-refractivity contribution is 0.162. The Kier molecular flexibility index (Phi) is 3.88. The van der Waals surface area contributed by atoms with Crippen LogP contribution in [0.25, 0.3) is 21.8 Å². The third kappa shape index (κ3) is 2.59. The van der Waals surface area contributed by atoms with Gasteiger partial charge in [0, 0.05) is 11.4 Å². The first-order valence-electron chi connectivity index (χ1n) is 8.85. The number of sulfone groups is 1. The molecule has 0 unspecified atom stereocenters. The highest BCUT2D eigenvalue weighted by Crippen LogP contribution is 2.37. The molecule has 1 aliphatic rings. The number of fused-ring (bicyclic) bond motifs is 2. The fraction of sp³-hybridized carbons (Fsp3) is 0.167. The summed E-state index contributed by atoms with van der Waals surface area (Å²) in [6.45, 7) is 0. The number of nitrogens with zero attached hydrogens (tertiary/aromatic N) is 3. The Morgan fingerprint density at radius 3 is 2.67 bits per heavy atom. The number of hydrogen-bond donors (Lipinski definition) is 3. The number of hydrogen-bond acceptors (Lipinski definition) is 7. The van der Waals surface area contributed by atoms with E-state index in [-0.39, 0.29) is 42.5 Å².